The smallest absolute Gasteiger partial charge is 0.0709 e. The summed E-state index contributed by atoms with van der Waals surface area (Å²) in [6.07, 6.45) is 6.44. The molecular weight excluding hydrogens is 192 g/mol. The van der Waals surface area contributed by atoms with Crippen LogP contribution in [0.25, 0.3) is 0 Å². The first-order chi connectivity index (χ1) is 7.27. The summed E-state index contributed by atoms with van der Waals surface area (Å²) in [5, 5.41) is 0. The third-order valence-electron chi connectivity index (χ3n) is 3.22. The lowest BCUT2D eigenvalue weighted by Gasteiger charge is -2.22. The minimum atomic E-state index is 0.166. The van der Waals surface area contributed by atoms with Gasteiger partial charge in [-0.05, 0) is 39.0 Å². The fourth-order valence-electron chi connectivity index (χ4n) is 2.06. The second kappa shape index (κ2) is 7.17. The highest BCUT2D eigenvalue weighted by molar-refractivity contribution is 4.73. The minimum Gasteiger partial charge on any atom is -0.380 e. The first-order valence-electron chi connectivity index (χ1n) is 5.88. The van der Waals surface area contributed by atoms with Gasteiger partial charge in [-0.2, -0.15) is 0 Å². The first kappa shape index (κ1) is 12.9. The highest BCUT2D eigenvalue weighted by Crippen LogP contribution is 2.18. The van der Waals surface area contributed by atoms with E-state index in [9.17, 15) is 0 Å². The van der Waals surface area contributed by atoms with Crippen LogP contribution in [0.2, 0.25) is 0 Å². The van der Waals surface area contributed by atoms with Gasteiger partial charge in [0.15, 0.2) is 0 Å². The Bertz CT molecular complexity index is 161. The molecule has 0 saturated carbocycles. The Morgan fingerprint density at radius 3 is 2.93 bits per heavy atom. The largest absolute Gasteiger partial charge is 0.380 e. The SMILES string of the molecule is COC(C)C(CCCC1CCCO1)NN. The van der Waals surface area contributed by atoms with Gasteiger partial charge >= 0.3 is 0 Å². The highest BCUT2D eigenvalue weighted by atomic mass is 16.5. The number of nitrogens with two attached hydrogens (primary N) is 1. The highest BCUT2D eigenvalue weighted by Gasteiger charge is 2.18. The first-order valence-corrected chi connectivity index (χ1v) is 5.88. The molecule has 15 heavy (non-hydrogen) atoms. The van der Waals surface area contributed by atoms with Gasteiger partial charge in [-0.25, -0.2) is 0 Å². The summed E-state index contributed by atoms with van der Waals surface area (Å²) in [4.78, 5) is 0. The van der Waals surface area contributed by atoms with Crippen LogP contribution >= 0.6 is 0 Å². The van der Waals surface area contributed by atoms with Gasteiger partial charge in [0.2, 0.25) is 0 Å². The molecule has 90 valence electrons. The third kappa shape index (κ3) is 4.47. The molecule has 0 aromatic carbocycles. The molecule has 0 aromatic rings. The van der Waals surface area contributed by atoms with Crippen molar-refractivity contribution in [1.82, 2.24) is 5.43 Å². The molecule has 1 heterocycles. The van der Waals surface area contributed by atoms with Crippen LogP contribution in [0.5, 0.6) is 0 Å². The van der Waals surface area contributed by atoms with E-state index in [-0.39, 0.29) is 12.1 Å². The van der Waals surface area contributed by atoms with Gasteiger partial charge in [0.1, 0.15) is 0 Å². The number of hydrogen-bond acceptors (Lipinski definition) is 4. The summed E-state index contributed by atoms with van der Waals surface area (Å²) in [7, 11) is 1.72. The zero-order valence-corrected chi connectivity index (χ0v) is 9.87. The number of ether oxygens (including phenoxy) is 2. The van der Waals surface area contributed by atoms with E-state index in [1.54, 1.807) is 7.11 Å². The fraction of sp³-hybridized carbons (Fsp3) is 1.00. The lowest BCUT2D eigenvalue weighted by Crippen LogP contribution is -2.43. The molecule has 0 aliphatic carbocycles. The van der Waals surface area contributed by atoms with Crippen molar-refractivity contribution in [2.45, 2.75) is 57.3 Å². The van der Waals surface area contributed by atoms with Crippen LogP contribution in [0.3, 0.4) is 0 Å². The average molecular weight is 216 g/mol. The van der Waals surface area contributed by atoms with Crippen LogP contribution in [0.15, 0.2) is 0 Å². The van der Waals surface area contributed by atoms with Crippen molar-refractivity contribution in [2.24, 2.45) is 5.84 Å². The molecule has 4 heteroatoms. The van der Waals surface area contributed by atoms with Crippen LogP contribution in [0.4, 0.5) is 0 Å². The standard InChI is InChI=1S/C11H24N2O2/c1-9(14-2)11(13-12)7-3-5-10-6-4-8-15-10/h9-11,13H,3-8,12H2,1-2H3. The van der Waals surface area contributed by atoms with Gasteiger partial charge in [-0.1, -0.05) is 0 Å². The molecule has 3 N–H and O–H groups in total. The second-order valence-electron chi connectivity index (χ2n) is 4.28. The van der Waals surface area contributed by atoms with Crippen LogP contribution in [-0.2, 0) is 9.47 Å². The van der Waals surface area contributed by atoms with Crippen molar-refractivity contribution < 1.29 is 9.47 Å². The number of hydrazine groups is 1. The lowest BCUT2D eigenvalue weighted by atomic mass is 10.0. The van der Waals surface area contributed by atoms with E-state index in [0.29, 0.717) is 6.10 Å². The summed E-state index contributed by atoms with van der Waals surface area (Å²) in [6, 6.07) is 0.247. The van der Waals surface area contributed by atoms with E-state index in [4.69, 9.17) is 15.3 Å². The van der Waals surface area contributed by atoms with Crippen LogP contribution in [0.1, 0.15) is 39.0 Å². The molecule has 3 unspecified atom stereocenters. The molecule has 1 fully saturated rings. The summed E-state index contributed by atoms with van der Waals surface area (Å²) >= 11 is 0. The molecule has 0 bridgehead atoms. The molecular formula is C11H24N2O2. The second-order valence-corrected chi connectivity index (χ2v) is 4.28. The van der Waals surface area contributed by atoms with Gasteiger partial charge in [-0.15, -0.1) is 0 Å². The summed E-state index contributed by atoms with van der Waals surface area (Å²) in [6.45, 7) is 2.98. The maximum atomic E-state index is 5.57. The molecule has 1 rings (SSSR count). The third-order valence-corrected chi connectivity index (χ3v) is 3.22. The quantitative estimate of drug-likeness (QED) is 0.496. The predicted octanol–water partition coefficient (Wildman–Crippen LogP) is 1.20. The van der Waals surface area contributed by atoms with Crippen molar-refractivity contribution >= 4 is 0 Å². The number of rotatable bonds is 7. The van der Waals surface area contributed by atoms with E-state index in [1.165, 1.54) is 12.8 Å². The number of hydrogen-bond donors (Lipinski definition) is 2. The van der Waals surface area contributed by atoms with E-state index in [0.717, 1.165) is 25.9 Å². The normalized spacial score (nSPS) is 25.4. The predicted molar refractivity (Wildman–Crippen MR) is 60.4 cm³/mol. The van der Waals surface area contributed by atoms with Crippen molar-refractivity contribution in [2.75, 3.05) is 13.7 Å². The zero-order chi connectivity index (χ0) is 11.1. The molecule has 1 aliphatic heterocycles. The summed E-state index contributed by atoms with van der Waals surface area (Å²) in [5.74, 6) is 5.48. The molecule has 0 radical (unpaired) electrons. The Hall–Kier alpha value is -0.160. The molecule has 0 amide bonds. The van der Waals surface area contributed by atoms with Crippen LogP contribution in [0, 0.1) is 0 Å². The Labute approximate surface area is 92.5 Å². The number of nitrogens with one attached hydrogen (secondary N) is 1. The van der Waals surface area contributed by atoms with Crippen molar-refractivity contribution in [1.29, 1.82) is 0 Å². The van der Waals surface area contributed by atoms with Crippen molar-refractivity contribution in [3.05, 3.63) is 0 Å². The van der Waals surface area contributed by atoms with Gasteiger partial charge in [0.25, 0.3) is 0 Å². The Morgan fingerprint density at radius 2 is 2.40 bits per heavy atom. The molecule has 0 aromatic heterocycles. The van der Waals surface area contributed by atoms with Gasteiger partial charge in [0, 0.05) is 19.8 Å². The molecule has 1 saturated heterocycles. The van der Waals surface area contributed by atoms with Gasteiger partial charge in [0.05, 0.1) is 12.2 Å². The van der Waals surface area contributed by atoms with E-state index in [2.05, 4.69) is 5.43 Å². The fourth-order valence-corrected chi connectivity index (χ4v) is 2.06. The van der Waals surface area contributed by atoms with Gasteiger partial charge in [-0.3, -0.25) is 11.3 Å². The lowest BCUT2D eigenvalue weighted by molar-refractivity contribution is 0.0728. The topological polar surface area (TPSA) is 56.5 Å². The Kier molecular flexibility index (Phi) is 6.17. The molecule has 4 nitrogen and oxygen atoms in total. The van der Waals surface area contributed by atoms with Crippen molar-refractivity contribution in [3.63, 3.8) is 0 Å². The maximum Gasteiger partial charge on any atom is 0.0709 e. The Morgan fingerprint density at radius 1 is 1.60 bits per heavy atom. The van der Waals surface area contributed by atoms with Crippen LogP contribution < -0.4 is 11.3 Å². The zero-order valence-electron chi connectivity index (χ0n) is 9.87. The van der Waals surface area contributed by atoms with E-state index >= 15 is 0 Å². The van der Waals surface area contributed by atoms with Gasteiger partial charge < -0.3 is 9.47 Å². The monoisotopic (exact) mass is 216 g/mol. The Balaban J connectivity index is 2.10. The minimum absolute atomic E-state index is 0.166. The molecule has 1 aliphatic rings. The summed E-state index contributed by atoms with van der Waals surface area (Å²) in [5.41, 5.74) is 2.81. The maximum absolute atomic E-state index is 5.57. The van der Waals surface area contributed by atoms with Crippen molar-refractivity contribution in [3.8, 4) is 0 Å². The average Bonchev–Trinajstić information content (AvgIpc) is 2.76. The molecule has 0 spiro atoms. The number of methoxy groups -OCH3 is 1. The molecule has 3 atom stereocenters. The van der Waals surface area contributed by atoms with E-state index < -0.39 is 0 Å². The summed E-state index contributed by atoms with van der Waals surface area (Å²) < 4.78 is 10.8. The van der Waals surface area contributed by atoms with E-state index in [1.807, 2.05) is 6.92 Å². The van der Waals surface area contributed by atoms with Crippen LogP contribution in [-0.4, -0.2) is 32.0 Å².